The highest BCUT2D eigenvalue weighted by Crippen LogP contribution is 2.32. The molecular weight excluding hydrogens is 431 g/mol. The number of allylic oxidation sites excluding steroid dienone is 1. The molecule has 0 amide bonds. The van der Waals surface area contributed by atoms with Crippen molar-refractivity contribution in [1.29, 1.82) is 0 Å². The number of nitrogens with zero attached hydrogens (tertiary/aromatic N) is 1. The smallest absolute Gasteiger partial charge is 0.337 e. The van der Waals surface area contributed by atoms with Crippen LogP contribution in [0.15, 0.2) is 64.3 Å². The van der Waals surface area contributed by atoms with E-state index in [9.17, 15) is 9.18 Å². The average molecular weight is 449 g/mol. The molecule has 0 aromatic heterocycles. The van der Waals surface area contributed by atoms with Gasteiger partial charge in [-0.15, -0.1) is 0 Å². The normalized spacial score (nSPS) is 17.0. The Hall–Kier alpha value is -2.25. The van der Waals surface area contributed by atoms with Gasteiger partial charge in [0.15, 0.2) is 5.11 Å². The molecule has 1 unspecified atom stereocenters. The van der Waals surface area contributed by atoms with E-state index in [0.717, 1.165) is 10.0 Å². The fraction of sp³-hybridized carbons (Fsp3) is 0.200. The van der Waals surface area contributed by atoms with E-state index in [1.54, 1.807) is 12.1 Å². The van der Waals surface area contributed by atoms with Crippen LogP contribution in [0.1, 0.15) is 24.1 Å². The molecule has 1 aliphatic rings. The van der Waals surface area contributed by atoms with Crippen molar-refractivity contribution in [2.45, 2.75) is 19.5 Å². The predicted octanol–water partition coefficient (Wildman–Crippen LogP) is 4.47. The van der Waals surface area contributed by atoms with Crippen molar-refractivity contribution in [3.63, 3.8) is 0 Å². The third kappa shape index (κ3) is 4.20. The summed E-state index contributed by atoms with van der Waals surface area (Å²) in [5.41, 5.74) is 2.74. The molecule has 3 rings (SSSR count). The first-order chi connectivity index (χ1) is 12.9. The number of hydrogen-bond donors (Lipinski definition) is 1. The van der Waals surface area contributed by atoms with Gasteiger partial charge in [0.2, 0.25) is 0 Å². The molecular formula is C20H18BrFN2O2S. The van der Waals surface area contributed by atoms with Crippen LogP contribution in [0.25, 0.3) is 0 Å². The zero-order valence-electron chi connectivity index (χ0n) is 14.8. The van der Waals surface area contributed by atoms with E-state index in [1.165, 1.54) is 19.2 Å². The molecule has 140 valence electrons. The molecule has 1 atom stereocenters. The molecule has 4 nitrogen and oxygen atoms in total. The molecule has 0 aliphatic carbocycles. The lowest BCUT2D eigenvalue weighted by Gasteiger charge is -2.37. The van der Waals surface area contributed by atoms with Crippen LogP contribution in [0.5, 0.6) is 0 Å². The zero-order chi connectivity index (χ0) is 19.6. The van der Waals surface area contributed by atoms with Gasteiger partial charge in [-0.3, -0.25) is 0 Å². The highest BCUT2D eigenvalue weighted by Gasteiger charge is 2.34. The average Bonchev–Trinajstić information content (AvgIpc) is 2.65. The van der Waals surface area contributed by atoms with Crippen LogP contribution in [0.3, 0.4) is 0 Å². The summed E-state index contributed by atoms with van der Waals surface area (Å²) in [5, 5.41) is 3.63. The standard InChI is InChI=1S/C20H18BrFN2O2S/c1-12-17(19(25)26-2)18(14-4-3-5-16(22)10-14)23-20(27)24(12)11-13-6-8-15(21)9-7-13/h3-10,18H,11H2,1-2H3,(H,23,27). The number of carbonyl (C=O) groups excluding carboxylic acids is 1. The third-order valence-corrected chi connectivity index (χ3v) is 5.30. The van der Waals surface area contributed by atoms with Gasteiger partial charge in [-0.05, 0) is 54.5 Å². The topological polar surface area (TPSA) is 41.6 Å². The number of benzene rings is 2. The zero-order valence-corrected chi connectivity index (χ0v) is 17.2. The number of esters is 1. The Morgan fingerprint density at radius 2 is 2.00 bits per heavy atom. The van der Waals surface area contributed by atoms with E-state index in [0.29, 0.717) is 28.5 Å². The van der Waals surface area contributed by atoms with Crippen molar-refractivity contribution in [1.82, 2.24) is 10.2 Å². The molecule has 1 N–H and O–H groups in total. The fourth-order valence-corrected chi connectivity index (χ4v) is 3.64. The molecule has 2 aromatic rings. The molecule has 0 saturated carbocycles. The van der Waals surface area contributed by atoms with Gasteiger partial charge in [-0.25, -0.2) is 9.18 Å². The predicted molar refractivity (Wildman–Crippen MR) is 109 cm³/mol. The number of ether oxygens (including phenoxy) is 1. The van der Waals surface area contributed by atoms with E-state index in [1.807, 2.05) is 36.1 Å². The maximum absolute atomic E-state index is 13.7. The van der Waals surface area contributed by atoms with Crippen molar-refractivity contribution < 1.29 is 13.9 Å². The minimum Gasteiger partial charge on any atom is -0.466 e. The monoisotopic (exact) mass is 448 g/mol. The first kappa shape index (κ1) is 19.5. The summed E-state index contributed by atoms with van der Waals surface area (Å²) in [6, 6.07) is 13.4. The van der Waals surface area contributed by atoms with Crippen LogP contribution < -0.4 is 5.32 Å². The number of thiocarbonyl (C=S) groups is 1. The van der Waals surface area contributed by atoms with E-state index in [-0.39, 0.29) is 5.82 Å². The molecule has 27 heavy (non-hydrogen) atoms. The summed E-state index contributed by atoms with van der Waals surface area (Å²) in [4.78, 5) is 14.4. The first-order valence-electron chi connectivity index (χ1n) is 8.27. The number of methoxy groups -OCH3 is 1. The van der Waals surface area contributed by atoms with Gasteiger partial charge in [-0.2, -0.15) is 0 Å². The molecule has 1 heterocycles. The summed E-state index contributed by atoms with van der Waals surface area (Å²) in [6.07, 6.45) is 0. The summed E-state index contributed by atoms with van der Waals surface area (Å²) in [5.74, 6) is -0.850. The summed E-state index contributed by atoms with van der Waals surface area (Å²) in [6.45, 7) is 2.33. The van der Waals surface area contributed by atoms with Crippen LogP contribution in [0.2, 0.25) is 0 Å². The van der Waals surface area contributed by atoms with Crippen LogP contribution >= 0.6 is 28.1 Å². The second-order valence-corrected chi connectivity index (χ2v) is 7.44. The minimum absolute atomic E-state index is 0.376. The molecule has 0 spiro atoms. The van der Waals surface area contributed by atoms with Gasteiger partial charge in [0.25, 0.3) is 0 Å². The Balaban J connectivity index is 2.02. The number of halogens is 2. The van der Waals surface area contributed by atoms with Gasteiger partial charge >= 0.3 is 5.97 Å². The van der Waals surface area contributed by atoms with Crippen molar-refractivity contribution in [3.05, 3.63) is 81.2 Å². The highest BCUT2D eigenvalue weighted by molar-refractivity contribution is 9.10. The minimum atomic E-state index is -0.568. The van der Waals surface area contributed by atoms with Gasteiger partial charge in [-0.1, -0.05) is 40.2 Å². The summed E-state index contributed by atoms with van der Waals surface area (Å²) < 4.78 is 19.7. The van der Waals surface area contributed by atoms with E-state index in [2.05, 4.69) is 21.2 Å². The lowest BCUT2D eigenvalue weighted by Crippen LogP contribution is -2.47. The molecule has 0 saturated heterocycles. The number of rotatable bonds is 4. The quantitative estimate of drug-likeness (QED) is 0.551. The van der Waals surface area contributed by atoms with Gasteiger partial charge in [0.05, 0.1) is 18.7 Å². The first-order valence-corrected chi connectivity index (χ1v) is 9.48. The maximum atomic E-state index is 13.7. The second-order valence-electron chi connectivity index (χ2n) is 6.14. The lowest BCUT2D eigenvalue weighted by molar-refractivity contribution is -0.136. The van der Waals surface area contributed by atoms with Crippen molar-refractivity contribution in [2.75, 3.05) is 7.11 Å². The molecule has 2 aromatic carbocycles. The maximum Gasteiger partial charge on any atom is 0.337 e. The molecule has 0 radical (unpaired) electrons. The van der Waals surface area contributed by atoms with Crippen LogP contribution in [0, 0.1) is 5.82 Å². The summed E-state index contributed by atoms with van der Waals surface area (Å²) in [7, 11) is 1.33. The van der Waals surface area contributed by atoms with Crippen LogP contribution in [-0.4, -0.2) is 23.1 Å². The SMILES string of the molecule is COC(=O)C1=C(C)N(Cc2ccc(Br)cc2)C(=S)NC1c1cccc(F)c1. The summed E-state index contributed by atoms with van der Waals surface area (Å²) >= 11 is 8.96. The number of hydrogen-bond acceptors (Lipinski definition) is 3. The Kier molecular flexibility index (Phi) is 5.92. The Labute approximate surface area is 171 Å². The van der Waals surface area contributed by atoms with Crippen molar-refractivity contribution in [2.24, 2.45) is 0 Å². The molecule has 7 heteroatoms. The Morgan fingerprint density at radius 1 is 1.30 bits per heavy atom. The van der Waals surface area contributed by atoms with Crippen molar-refractivity contribution in [3.8, 4) is 0 Å². The third-order valence-electron chi connectivity index (χ3n) is 4.44. The van der Waals surface area contributed by atoms with Gasteiger partial charge < -0.3 is 15.0 Å². The van der Waals surface area contributed by atoms with Gasteiger partial charge in [0, 0.05) is 16.7 Å². The van der Waals surface area contributed by atoms with Crippen LogP contribution in [-0.2, 0) is 16.1 Å². The fourth-order valence-electron chi connectivity index (χ4n) is 3.05. The lowest BCUT2D eigenvalue weighted by atomic mass is 9.94. The highest BCUT2D eigenvalue weighted by atomic mass is 79.9. The van der Waals surface area contributed by atoms with Crippen LogP contribution in [0.4, 0.5) is 4.39 Å². The van der Waals surface area contributed by atoms with Crippen molar-refractivity contribution >= 4 is 39.2 Å². The Bertz CT molecular complexity index is 914. The second kappa shape index (κ2) is 8.19. The van der Waals surface area contributed by atoms with E-state index >= 15 is 0 Å². The molecule has 0 fully saturated rings. The number of nitrogens with one attached hydrogen (secondary N) is 1. The number of carbonyl (C=O) groups is 1. The van der Waals surface area contributed by atoms with E-state index < -0.39 is 12.0 Å². The molecule has 0 bridgehead atoms. The molecule has 1 aliphatic heterocycles. The van der Waals surface area contributed by atoms with E-state index in [4.69, 9.17) is 17.0 Å². The Morgan fingerprint density at radius 3 is 2.63 bits per heavy atom. The largest absolute Gasteiger partial charge is 0.466 e. The van der Waals surface area contributed by atoms with Gasteiger partial charge in [0.1, 0.15) is 5.82 Å².